The van der Waals surface area contributed by atoms with E-state index in [0.29, 0.717) is 22.6 Å². The Kier molecular flexibility index (Phi) is 6.80. The van der Waals surface area contributed by atoms with Crippen molar-refractivity contribution in [2.24, 2.45) is 5.73 Å². The van der Waals surface area contributed by atoms with Crippen LogP contribution in [0.2, 0.25) is 0 Å². The Morgan fingerprint density at radius 3 is 2.65 bits per heavy atom. The Hall–Kier alpha value is -3.98. The number of nitrogens with two attached hydrogens (primary N) is 1. The van der Waals surface area contributed by atoms with Crippen LogP contribution in [0.15, 0.2) is 48.9 Å². The van der Waals surface area contributed by atoms with Crippen LogP contribution in [-0.2, 0) is 0 Å². The van der Waals surface area contributed by atoms with Gasteiger partial charge in [-0.25, -0.2) is 9.67 Å². The summed E-state index contributed by atoms with van der Waals surface area (Å²) in [6, 6.07) is 9.56. The third kappa shape index (κ3) is 4.86. The predicted octanol–water partition coefficient (Wildman–Crippen LogP) is 4.43. The quantitative estimate of drug-likeness (QED) is 0.342. The Labute approximate surface area is 215 Å². The molecular formula is C28H32N6O3. The molecule has 3 aromatic heterocycles. The fourth-order valence-corrected chi connectivity index (χ4v) is 5.01. The minimum absolute atomic E-state index is 0.140. The number of aliphatic hydroxyl groups excluding tert-OH is 1. The van der Waals surface area contributed by atoms with E-state index in [1.165, 1.54) is 0 Å². The Balaban J connectivity index is 1.63. The average molecular weight is 501 g/mol. The van der Waals surface area contributed by atoms with Crippen molar-refractivity contribution in [2.45, 2.75) is 57.6 Å². The standard InChI is InChI=1S/C28H32N6O3/c1-16(2)26-25-22(17-12-21(37-3)15-30-14-17)10-11-31-28(25)34(33-26)19-6-9-23(27(29)36)24(13-19)32-18-4-7-20(35)8-5-18/h6,9-16,18,20,32,35H,4-5,7-8H2,1-3H3,(H2,29,36)/t18-,20-. The van der Waals surface area contributed by atoms with Gasteiger partial charge in [0.05, 0.1) is 41.7 Å². The maximum Gasteiger partial charge on any atom is 0.250 e. The van der Waals surface area contributed by atoms with Crippen molar-refractivity contribution in [3.05, 3.63) is 60.2 Å². The van der Waals surface area contributed by atoms with Crippen LogP contribution in [0, 0.1) is 0 Å². The molecule has 9 heteroatoms. The molecule has 5 rings (SSSR count). The fraction of sp³-hybridized carbons (Fsp3) is 0.357. The largest absolute Gasteiger partial charge is 0.495 e. The first-order valence-corrected chi connectivity index (χ1v) is 12.6. The lowest BCUT2D eigenvalue weighted by Gasteiger charge is -2.27. The number of ether oxygens (including phenoxy) is 1. The Bertz CT molecular complexity index is 1440. The van der Waals surface area contributed by atoms with Crippen LogP contribution in [0.1, 0.15) is 61.5 Å². The summed E-state index contributed by atoms with van der Waals surface area (Å²) in [4.78, 5) is 21.3. The van der Waals surface area contributed by atoms with Crippen molar-refractivity contribution >= 4 is 22.6 Å². The summed E-state index contributed by atoms with van der Waals surface area (Å²) in [6.45, 7) is 4.21. The summed E-state index contributed by atoms with van der Waals surface area (Å²) in [7, 11) is 1.62. The highest BCUT2D eigenvalue weighted by atomic mass is 16.5. The molecule has 0 unspecified atom stereocenters. The Morgan fingerprint density at radius 1 is 1.16 bits per heavy atom. The summed E-state index contributed by atoms with van der Waals surface area (Å²) in [5.41, 5.74) is 11.1. The third-order valence-electron chi connectivity index (χ3n) is 6.97. The number of nitrogens with zero attached hydrogens (tertiary/aromatic N) is 4. The monoisotopic (exact) mass is 500 g/mol. The molecule has 0 bridgehead atoms. The summed E-state index contributed by atoms with van der Waals surface area (Å²) < 4.78 is 7.22. The van der Waals surface area contributed by atoms with E-state index < -0.39 is 5.91 Å². The molecule has 37 heavy (non-hydrogen) atoms. The maximum atomic E-state index is 12.2. The number of aromatic nitrogens is 4. The number of anilines is 1. The van der Waals surface area contributed by atoms with Gasteiger partial charge < -0.3 is 20.9 Å². The topological polar surface area (TPSA) is 128 Å². The van der Waals surface area contributed by atoms with E-state index in [0.717, 1.165) is 53.6 Å². The summed E-state index contributed by atoms with van der Waals surface area (Å²) >= 11 is 0. The van der Waals surface area contributed by atoms with Gasteiger partial charge in [0, 0.05) is 29.7 Å². The molecule has 1 aliphatic carbocycles. The molecule has 1 aliphatic rings. The molecule has 9 nitrogen and oxygen atoms in total. The molecule has 1 saturated carbocycles. The lowest BCUT2D eigenvalue weighted by atomic mass is 9.92. The molecule has 1 amide bonds. The van der Waals surface area contributed by atoms with Crippen LogP contribution in [-0.4, -0.2) is 50.0 Å². The molecule has 0 aliphatic heterocycles. The van der Waals surface area contributed by atoms with E-state index >= 15 is 0 Å². The van der Waals surface area contributed by atoms with Crippen molar-refractivity contribution in [3.8, 4) is 22.6 Å². The van der Waals surface area contributed by atoms with E-state index in [-0.39, 0.29) is 18.1 Å². The van der Waals surface area contributed by atoms with Crippen LogP contribution in [0.25, 0.3) is 27.8 Å². The maximum absolute atomic E-state index is 12.2. The molecule has 3 heterocycles. The third-order valence-corrected chi connectivity index (χ3v) is 6.97. The van der Waals surface area contributed by atoms with E-state index in [9.17, 15) is 9.90 Å². The number of methoxy groups -OCH3 is 1. The van der Waals surface area contributed by atoms with E-state index in [1.54, 1.807) is 25.6 Å². The van der Waals surface area contributed by atoms with Gasteiger partial charge in [0.1, 0.15) is 5.75 Å². The summed E-state index contributed by atoms with van der Waals surface area (Å²) in [6.07, 6.45) is 8.11. The highest BCUT2D eigenvalue weighted by molar-refractivity contribution is 5.99. The van der Waals surface area contributed by atoms with Gasteiger partial charge >= 0.3 is 0 Å². The Morgan fingerprint density at radius 2 is 1.95 bits per heavy atom. The summed E-state index contributed by atoms with van der Waals surface area (Å²) in [5.74, 6) is 0.319. The second-order valence-corrected chi connectivity index (χ2v) is 9.87. The molecular weight excluding hydrogens is 468 g/mol. The van der Waals surface area contributed by atoms with E-state index in [4.69, 9.17) is 20.6 Å². The average Bonchev–Trinajstić information content (AvgIpc) is 3.30. The molecule has 4 aromatic rings. The highest BCUT2D eigenvalue weighted by Gasteiger charge is 2.23. The molecule has 1 aromatic carbocycles. The number of rotatable bonds is 7. The normalized spacial score (nSPS) is 17.8. The second kappa shape index (κ2) is 10.2. The molecule has 0 atom stereocenters. The lowest BCUT2D eigenvalue weighted by molar-refractivity contribution is 0.100. The van der Waals surface area contributed by atoms with Crippen LogP contribution in [0.3, 0.4) is 0 Å². The number of primary amides is 1. The summed E-state index contributed by atoms with van der Waals surface area (Å²) in [5, 5.41) is 19.3. The van der Waals surface area contributed by atoms with Crippen LogP contribution in [0.5, 0.6) is 5.75 Å². The van der Waals surface area contributed by atoms with Gasteiger partial charge in [0.2, 0.25) is 0 Å². The number of hydrogen-bond donors (Lipinski definition) is 3. The van der Waals surface area contributed by atoms with Crippen LogP contribution < -0.4 is 15.8 Å². The number of hydrogen-bond acceptors (Lipinski definition) is 7. The van der Waals surface area contributed by atoms with Crippen molar-refractivity contribution in [2.75, 3.05) is 12.4 Å². The smallest absolute Gasteiger partial charge is 0.250 e. The first kappa shape index (κ1) is 24.7. The van der Waals surface area contributed by atoms with Crippen molar-refractivity contribution in [3.63, 3.8) is 0 Å². The zero-order chi connectivity index (χ0) is 26.1. The molecule has 192 valence electrons. The molecule has 0 spiro atoms. The molecule has 4 N–H and O–H groups in total. The predicted molar refractivity (Wildman–Crippen MR) is 143 cm³/mol. The number of carbonyl (C=O) groups is 1. The fourth-order valence-electron chi connectivity index (χ4n) is 5.01. The van der Waals surface area contributed by atoms with Crippen LogP contribution >= 0.6 is 0 Å². The number of benzene rings is 1. The number of carbonyl (C=O) groups excluding carboxylic acids is 1. The SMILES string of the molecule is COc1cncc(-c2ccnc3c2c(C(C)C)nn3-c2ccc(C(N)=O)c(N[C@H]3CC[C@H](O)CC3)c2)c1. The number of fused-ring (bicyclic) bond motifs is 1. The second-order valence-electron chi connectivity index (χ2n) is 9.87. The van der Waals surface area contributed by atoms with E-state index in [1.807, 2.05) is 35.1 Å². The van der Waals surface area contributed by atoms with Gasteiger partial charge in [0.15, 0.2) is 5.65 Å². The van der Waals surface area contributed by atoms with Crippen molar-refractivity contribution < 1.29 is 14.6 Å². The van der Waals surface area contributed by atoms with Gasteiger partial charge in [-0.2, -0.15) is 5.10 Å². The number of pyridine rings is 2. The number of aliphatic hydroxyl groups is 1. The van der Waals surface area contributed by atoms with Crippen molar-refractivity contribution in [1.82, 2.24) is 19.7 Å². The minimum Gasteiger partial charge on any atom is -0.495 e. The van der Waals surface area contributed by atoms with Gasteiger partial charge in [0.25, 0.3) is 5.91 Å². The van der Waals surface area contributed by atoms with Gasteiger partial charge in [-0.3, -0.25) is 9.78 Å². The molecule has 1 fully saturated rings. The van der Waals surface area contributed by atoms with Gasteiger partial charge in [-0.15, -0.1) is 0 Å². The zero-order valence-electron chi connectivity index (χ0n) is 21.3. The van der Waals surface area contributed by atoms with Gasteiger partial charge in [-0.05, 0) is 67.5 Å². The highest BCUT2D eigenvalue weighted by Crippen LogP contribution is 2.36. The zero-order valence-corrected chi connectivity index (χ0v) is 21.3. The minimum atomic E-state index is -0.496. The van der Waals surface area contributed by atoms with Crippen LogP contribution in [0.4, 0.5) is 5.69 Å². The van der Waals surface area contributed by atoms with Crippen molar-refractivity contribution in [1.29, 1.82) is 0 Å². The lowest BCUT2D eigenvalue weighted by Crippen LogP contribution is -2.29. The first-order chi connectivity index (χ1) is 17.9. The van der Waals surface area contributed by atoms with Gasteiger partial charge in [-0.1, -0.05) is 13.8 Å². The van der Waals surface area contributed by atoms with E-state index in [2.05, 4.69) is 24.1 Å². The molecule has 0 radical (unpaired) electrons. The number of amides is 1. The first-order valence-electron chi connectivity index (χ1n) is 12.6. The molecule has 0 saturated heterocycles. The number of nitrogens with one attached hydrogen (secondary N) is 1.